The Labute approximate surface area is 180 Å². The van der Waals surface area contributed by atoms with Gasteiger partial charge in [-0.15, -0.1) is 10.2 Å². The van der Waals surface area contributed by atoms with E-state index >= 15 is 0 Å². The maximum Gasteiger partial charge on any atom is 0.307 e. The SMILES string of the molecule is CCN(CCO)c1ccc(N=Nc2nc3cc(Cl)c([N+](=O)[O-])c(Cl)c3s2)c(C)c1. The zero-order valence-corrected chi connectivity index (χ0v) is 17.9. The fourth-order valence-corrected chi connectivity index (χ4v) is 4.32. The van der Waals surface area contributed by atoms with Gasteiger partial charge in [0, 0.05) is 18.8 Å². The van der Waals surface area contributed by atoms with Crippen LogP contribution in [0.1, 0.15) is 12.5 Å². The van der Waals surface area contributed by atoms with E-state index in [9.17, 15) is 15.2 Å². The molecule has 0 atom stereocenters. The predicted octanol–water partition coefficient (Wildman–Crippen LogP) is 6.05. The Morgan fingerprint density at radius 1 is 1.31 bits per heavy atom. The van der Waals surface area contributed by atoms with Crippen LogP contribution in [0.3, 0.4) is 0 Å². The van der Waals surface area contributed by atoms with E-state index in [1.165, 1.54) is 6.07 Å². The number of rotatable bonds is 7. The number of aromatic nitrogens is 1. The number of halogens is 2. The van der Waals surface area contributed by atoms with E-state index in [1.807, 2.05) is 32.0 Å². The highest BCUT2D eigenvalue weighted by atomic mass is 35.5. The molecule has 2 aromatic carbocycles. The number of fused-ring (bicyclic) bond motifs is 1. The topological polar surface area (TPSA) is 104 Å². The van der Waals surface area contributed by atoms with Crippen molar-refractivity contribution in [2.45, 2.75) is 13.8 Å². The van der Waals surface area contributed by atoms with Gasteiger partial charge in [0.25, 0.3) is 0 Å². The lowest BCUT2D eigenvalue weighted by Crippen LogP contribution is -2.26. The highest BCUT2D eigenvalue weighted by Gasteiger charge is 2.23. The van der Waals surface area contributed by atoms with Gasteiger partial charge >= 0.3 is 5.69 Å². The number of anilines is 1. The summed E-state index contributed by atoms with van der Waals surface area (Å²) < 4.78 is 0.436. The van der Waals surface area contributed by atoms with Crippen molar-refractivity contribution in [2.24, 2.45) is 10.2 Å². The van der Waals surface area contributed by atoms with Gasteiger partial charge < -0.3 is 10.0 Å². The molecular formula is C18H17Cl2N5O3S. The fourth-order valence-electron chi connectivity index (χ4n) is 2.82. The standard InChI is InChI=1S/C18H17Cl2N5O3S/c1-3-24(6-7-26)11-4-5-13(10(2)8-11)22-23-18-21-14-9-12(19)16(25(27)28)15(20)17(14)29-18/h4-5,8-9,26H,3,6-7H2,1-2H3. The number of aliphatic hydroxyl groups is 1. The molecule has 3 rings (SSSR count). The molecule has 29 heavy (non-hydrogen) atoms. The summed E-state index contributed by atoms with van der Waals surface area (Å²) in [6, 6.07) is 7.14. The molecule has 0 unspecified atom stereocenters. The Hall–Kier alpha value is -2.33. The number of thiazole rings is 1. The first-order chi connectivity index (χ1) is 13.8. The molecule has 0 fully saturated rings. The molecule has 3 aromatic rings. The van der Waals surface area contributed by atoms with E-state index in [0.29, 0.717) is 27.6 Å². The van der Waals surface area contributed by atoms with Gasteiger partial charge in [-0.05, 0) is 43.7 Å². The summed E-state index contributed by atoms with van der Waals surface area (Å²) in [4.78, 5) is 16.9. The van der Waals surface area contributed by atoms with Crippen molar-refractivity contribution >= 4 is 66.9 Å². The first-order valence-corrected chi connectivity index (χ1v) is 10.2. The highest BCUT2D eigenvalue weighted by molar-refractivity contribution is 7.22. The van der Waals surface area contributed by atoms with Crippen LogP contribution >= 0.6 is 34.5 Å². The Bertz CT molecular complexity index is 1100. The van der Waals surface area contributed by atoms with Gasteiger partial charge in [-0.3, -0.25) is 10.1 Å². The van der Waals surface area contributed by atoms with E-state index in [4.69, 9.17) is 23.2 Å². The molecule has 0 radical (unpaired) electrons. The van der Waals surface area contributed by atoms with Gasteiger partial charge in [0.1, 0.15) is 10.0 Å². The number of nitrogens with zero attached hydrogens (tertiary/aromatic N) is 5. The molecule has 0 spiro atoms. The molecule has 152 valence electrons. The van der Waals surface area contributed by atoms with Crippen molar-refractivity contribution in [3.63, 3.8) is 0 Å². The van der Waals surface area contributed by atoms with Crippen molar-refractivity contribution in [3.05, 3.63) is 50.0 Å². The minimum atomic E-state index is -0.619. The van der Waals surface area contributed by atoms with Crippen molar-refractivity contribution in [1.29, 1.82) is 0 Å². The summed E-state index contributed by atoms with van der Waals surface area (Å²) in [5.41, 5.74) is 2.66. The molecule has 0 aliphatic heterocycles. The summed E-state index contributed by atoms with van der Waals surface area (Å²) in [7, 11) is 0. The fraction of sp³-hybridized carbons (Fsp3) is 0.278. The molecule has 0 amide bonds. The third kappa shape index (κ3) is 4.48. The molecule has 0 bridgehead atoms. The second kappa shape index (κ2) is 9.00. The summed E-state index contributed by atoms with van der Waals surface area (Å²) in [6.45, 7) is 5.35. The summed E-state index contributed by atoms with van der Waals surface area (Å²) >= 11 is 13.2. The highest BCUT2D eigenvalue weighted by Crippen LogP contribution is 2.43. The van der Waals surface area contributed by atoms with E-state index in [1.54, 1.807) is 0 Å². The molecular weight excluding hydrogens is 437 g/mol. The maximum absolute atomic E-state index is 11.1. The van der Waals surface area contributed by atoms with Crippen LogP contribution in [-0.2, 0) is 0 Å². The van der Waals surface area contributed by atoms with Gasteiger partial charge in [-0.2, -0.15) is 0 Å². The van der Waals surface area contributed by atoms with Crippen LogP contribution in [-0.4, -0.2) is 34.7 Å². The number of nitro groups is 1. The Balaban J connectivity index is 1.91. The van der Waals surface area contributed by atoms with Crippen molar-refractivity contribution in [2.75, 3.05) is 24.6 Å². The summed E-state index contributed by atoms with van der Waals surface area (Å²) in [5.74, 6) is 0. The van der Waals surface area contributed by atoms with E-state index in [0.717, 1.165) is 29.1 Å². The van der Waals surface area contributed by atoms with Crippen molar-refractivity contribution in [3.8, 4) is 0 Å². The number of hydrogen-bond donors (Lipinski definition) is 1. The van der Waals surface area contributed by atoms with E-state index < -0.39 is 4.92 Å². The molecule has 0 aliphatic rings. The average Bonchev–Trinajstić information content (AvgIpc) is 3.08. The zero-order valence-electron chi connectivity index (χ0n) is 15.6. The zero-order chi connectivity index (χ0) is 21.1. The third-order valence-corrected chi connectivity index (χ3v) is 6.00. The minimum Gasteiger partial charge on any atom is -0.395 e. The Morgan fingerprint density at radius 3 is 2.69 bits per heavy atom. The number of hydrogen-bond acceptors (Lipinski definition) is 8. The van der Waals surface area contributed by atoms with Crippen LogP contribution in [0.4, 0.5) is 22.2 Å². The van der Waals surface area contributed by atoms with Crippen LogP contribution in [0.25, 0.3) is 10.2 Å². The minimum absolute atomic E-state index is 0.0551. The Morgan fingerprint density at radius 2 is 2.07 bits per heavy atom. The number of aryl methyl sites for hydroxylation is 1. The first kappa shape index (κ1) is 21.4. The second-order valence-corrected chi connectivity index (χ2v) is 7.86. The Kier molecular flexibility index (Phi) is 6.63. The predicted molar refractivity (Wildman–Crippen MR) is 117 cm³/mol. The van der Waals surface area contributed by atoms with Gasteiger partial charge in [-0.1, -0.05) is 34.5 Å². The number of azo groups is 1. The molecule has 8 nitrogen and oxygen atoms in total. The molecule has 0 saturated carbocycles. The quantitative estimate of drug-likeness (QED) is 0.266. The molecule has 1 aromatic heterocycles. The van der Waals surface area contributed by atoms with Gasteiger partial charge in [0.05, 0.1) is 27.4 Å². The normalized spacial score (nSPS) is 11.5. The number of aliphatic hydroxyl groups excluding tert-OH is 1. The smallest absolute Gasteiger partial charge is 0.307 e. The van der Waals surface area contributed by atoms with Gasteiger partial charge in [-0.25, -0.2) is 4.98 Å². The molecule has 0 aliphatic carbocycles. The number of likely N-dealkylation sites (N-methyl/N-ethyl adjacent to an activating group) is 1. The van der Waals surface area contributed by atoms with Gasteiger partial charge in [0.15, 0.2) is 0 Å². The van der Waals surface area contributed by atoms with Crippen LogP contribution in [0.5, 0.6) is 0 Å². The molecule has 1 heterocycles. The molecule has 1 N–H and O–H groups in total. The maximum atomic E-state index is 11.1. The van der Waals surface area contributed by atoms with Gasteiger partial charge in [0.2, 0.25) is 5.13 Å². The first-order valence-electron chi connectivity index (χ1n) is 8.66. The monoisotopic (exact) mass is 453 g/mol. The largest absolute Gasteiger partial charge is 0.395 e. The summed E-state index contributed by atoms with van der Waals surface area (Å²) in [6.07, 6.45) is 0. The van der Waals surface area contributed by atoms with Crippen molar-refractivity contribution in [1.82, 2.24) is 4.98 Å². The van der Waals surface area contributed by atoms with Crippen LogP contribution in [0.2, 0.25) is 10.0 Å². The molecule has 11 heteroatoms. The summed E-state index contributed by atoms with van der Waals surface area (Å²) in [5, 5.41) is 28.9. The van der Waals surface area contributed by atoms with Crippen LogP contribution < -0.4 is 4.90 Å². The lowest BCUT2D eigenvalue weighted by atomic mass is 10.1. The van der Waals surface area contributed by atoms with E-state index in [2.05, 4.69) is 20.1 Å². The van der Waals surface area contributed by atoms with E-state index in [-0.39, 0.29) is 22.3 Å². The second-order valence-electron chi connectivity index (χ2n) is 6.10. The number of nitro benzene ring substituents is 1. The average molecular weight is 454 g/mol. The third-order valence-electron chi connectivity index (χ3n) is 4.26. The lowest BCUT2D eigenvalue weighted by molar-refractivity contribution is -0.384. The van der Waals surface area contributed by atoms with Crippen molar-refractivity contribution < 1.29 is 10.0 Å². The number of benzene rings is 2. The van der Waals surface area contributed by atoms with Crippen LogP contribution in [0, 0.1) is 17.0 Å². The molecule has 0 saturated heterocycles. The van der Waals surface area contributed by atoms with Crippen LogP contribution in [0.15, 0.2) is 34.5 Å². The lowest BCUT2D eigenvalue weighted by Gasteiger charge is -2.22.